The average molecular weight is 214 g/mol. The van der Waals surface area contributed by atoms with Gasteiger partial charge in [-0.25, -0.2) is 0 Å². The zero-order valence-electron chi connectivity index (χ0n) is 10.4. The van der Waals surface area contributed by atoms with Gasteiger partial charge in [0.2, 0.25) is 0 Å². The van der Waals surface area contributed by atoms with Gasteiger partial charge < -0.3 is 9.84 Å². The van der Waals surface area contributed by atoms with Crippen molar-refractivity contribution in [2.45, 2.75) is 65.1 Å². The maximum atomic E-state index is 9.59. The van der Waals surface area contributed by atoms with Crippen LogP contribution in [0.5, 0.6) is 0 Å². The predicted molar refractivity (Wildman–Crippen MR) is 62.8 cm³/mol. The standard InChI is InChI=1S/C13H26O2/c1-4-5-12(14)9-15-13-7-10(2)6-11(3)8-13/h10-14H,4-9H2,1-3H3. The molecule has 0 spiro atoms. The Morgan fingerprint density at radius 2 is 1.80 bits per heavy atom. The van der Waals surface area contributed by atoms with Crippen molar-refractivity contribution >= 4 is 0 Å². The van der Waals surface area contributed by atoms with Crippen LogP contribution in [0.3, 0.4) is 0 Å². The van der Waals surface area contributed by atoms with Crippen molar-refractivity contribution in [1.29, 1.82) is 0 Å². The largest absolute Gasteiger partial charge is 0.391 e. The molecule has 0 aliphatic heterocycles. The minimum atomic E-state index is -0.262. The van der Waals surface area contributed by atoms with Crippen molar-refractivity contribution in [1.82, 2.24) is 0 Å². The number of rotatable bonds is 5. The lowest BCUT2D eigenvalue weighted by atomic mass is 9.82. The third-order valence-corrected chi connectivity index (χ3v) is 3.28. The van der Waals surface area contributed by atoms with Crippen LogP contribution in [0.4, 0.5) is 0 Å². The van der Waals surface area contributed by atoms with E-state index in [1.165, 1.54) is 19.3 Å². The van der Waals surface area contributed by atoms with Crippen molar-refractivity contribution in [2.24, 2.45) is 11.8 Å². The second-order valence-corrected chi connectivity index (χ2v) is 5.32. The zero-order valence-corrected chi connectivity index (χ0v) is 10.4. The van der Waals surface area contributed by atoms with Gasteiger partial charge in [-0.2, -0.15) is 0 Å². The average Bonchev–Trinajstić information content (AvgIpc) is 2.14. The molecular formula is C13H26O2. The van der Waals surface area contributed by atoms with Crippen LogP contribution in [0.25, 0.3) is 0 Å². The molecule has 0 amide bonds. The molecule has 1 fully saturated rings. The van der Waals surface area contributed by atoms with Crippen LogP contribution in [0, 0.1) is 11.8 Å². The van der Waals surface area contributed by atoms with E-state index in [0.717, 1.165) is 24.7 Å². The summed E-state index contributed by atoms with van der Waals surface area (Å²) in [7, 11) is 0. The molecule has 15 heavy (non-hydrogen) atoms. The van der Waals surface area contributed by atoms with Crippen molar-refractivity contribution in [3.8, 4) is 0 Å². The van der Waals surface area contributed by atoms with Gasteiger partial charge in [0.1, 0.15) is 0 Å². The summed E-state index contributed by atoms with van der Waals surface area (Å²) in [6, 6.07) is 0. The van der Waals surface area contributed by atoms with Crippen LogP contribution >= 0.6 is 0 Å². The van der Waals surface area contributed by atoms with Gasteiger partial charge in [0, 0.05) is 0 Å². The summed E-state index contributed by atoms with van der Waals surface area (Å²) < 4.78 is 5.79. The molecule has 1 rings (SSSR count). The molecule has 3 atom stereocenters. The lowest BCUT2D eigenvalue weighted by molar-refractivity contribution is -0.0421. The Bertz CT molecular complexity index is 160. The summed E-state index contributed by atoms with van der Waals surface area (Å²) in [6.45, 7) is 7.22. The Labute approximate surface area is 94.0 Å². The molecule has 1 aliphatic rings. The van der Waals surface area contributed by atoms with Crippen LogP contribution in [-0.4, -0.2) is 23.9 Å². The second kappa shape index (κ2) is 6.49. The van der Waals surface area contributed by atoms with E-state index in [2.05, 4.69) is 20.8 Å². The summed E-state index contributed by atoms with van der Waals surface area (Å²) in [5, 5.41) is 9.59. The molecule has 2 nitrogen and oxygen atoms in total. The fraction of sp³-hybridized carbons (Fsp3) is 1.00. The highest BCUT2D eigenvalue weighted by Gasteiger charge is 2.24. The molecule has 3 unspecified atom stereocenters. The van der Waals surface area contributed by atoms with E-state index in [1.807, 2.05) is 0 Å². The van der Waals surface area contributed by atoms with Crippen LogP contribution in [0.15, 0.2) is 0 Å². The summed E-state index contributed by atoms with van der Waals surface area (Å²) in [6.07, 6.45) is 5.68. The Morgan fingerprint density at radius 1 is 1.20 bits per heavy atom. The molecule has 0 heterocycles. The van der Waals surface area contributed by atoms with Crippen molar-refractivity contribution in [3.05, 3.63) is 0 Å². The molecule has 1 N–H and O–H groups in total. The number of aliphatic hydroxyl groups excluding tert-OH is 1. The molecule has 1 aliphatic carbocycles. The van der Waals surface area contributed by atoms with Crippen LogP contribution in [-0.2, 0) is 4.74 Å². The van der Waals surface area contributed by atoms with Crippen LogP contribution < -0.4 is 0 Å². The maximum absolute atomic E-state index is 9.59. The topological polar surface area (TPSA) is 29.5 Å². The summed E-state index contributed by atoms with van der Waals surface area (Å²) in [5.74, 6) is 1.56. The van der Waals surface area contributed by atoms with E-state index in [4.69, 9.17) is 4.74 Å². The lowest BCUT2D eigenvalue weighted by Crippen LogP contribution is -2.29. The highest BCUT2D eigenvalue weighted by atomic mass is 16.5. The first kappa shape index (κ1) is 13.0. The third kappa shape index (κ3) is 4.98. The Kier molecular flexibility index (Phi) is 5.62. The maximum Gasteiger partial charge on any atom is 0.0773 e. The Hall–Kier alpha value is -0.0800. The predicted octanol–water partition coefficient (Wildman–Crippen LogP) is 2.99. The second-order valence-electron chi connectivity index (χ2n) is 5.32. The van der Waals surface area contributed by atoms with Gasteiger partial charge in [-0.3, -0.25) is 0 Å². The van der Waals surface area contributed by atoms with Crippen molar-refractivity contribution in [3.63, 3.8) is 0 Å². The lowest BCUT2D eigenvalue weighted by Gasteiger charge is -2.31. The molecule has 0 aromatic carbocycles. The SMILES string of the molecule is CCCC(O)COC1CC(C)CC(C)C1. The van der Waals surface area contributed by atoms with Gasteiger partial charge in [-0.15, -0.1) is 0 Å². The molecule has 0 aromatic heterocycles. The number of ether oxygens (including phenoxy) is 1. The zero-order chi connectivity index (χ0) is 11.3. The molecule has 0 saturated heterocycles. The first-order valence-corrected chi connectivity index (χ1v) is 6.41. The van der Waals surface area contributed by atoms with Gasteiger partial charge in [-0.1, -0.05) is 27.2 Å². The Balaban J connectivity index is 2.20. The normalized spacial score (nSPS) is 34.0. The smallest absolute Gasteiger partial charge is 0.0773 e. The van der Waals surface area contributed by atoms with Crippen LogP contribution in [0.2, 0.25) is 0 Å². The van der Waals surface area contributed by atoms with E-state index in [1.54, 1.807) is 0 Å². The quantitative estimate of drug-likeness (QED) is 0.762. The first-order chi connectivity index (χ1) is 7.11. The molecule has 2 heteroatoms. The van der Waals surface area contributed by atoms with E-state index < -0.39 is 0 Å². The van der Waals surface area contributed by atoms with Crippen LogP contribution in [0.1, 0.15) is 52.9 Å². The highest BCUT2D eigenvalue weighted by Crippen LogP contribution is 2.30. The summed E-state index contributed by atoms with van der Waals surface area (Å²) in [5.41, 5.74) is 0. The summed E-state index contributed by atoms with van der Waals surface area (Å²) in [4.78, 5) is 0. The van der Waals surface area contributed by atoms with Gasteiger partial charge in [0.25, 0.3) is 0 Å². The van der Waals surface area contributed by atoms with E-state index in [-0.39, 0.29) is 6.10 Å². The fourth-order valence-corrected chi connectivity index (χ4v) is 2.67. The van der Waals surface area contributed by atoms with Crippen molar-refractivity contribution < 1.29 is 9.84 Å². The molecule has 90 valence electrons. The van der Waals surface area contributed by atoms with E-state index in [0.29, 0.717) is 12.7 Å². The molecule has 0 aromatic rings. The number of hydrogen-bond donors (Lipinski definition) is 1. The number of aliphatic hydroxyl groups is 1. The summed E-state index contributed by atoms with van der Waals surface area (Å²) >= 11 is 0. The monoisotopic (exact) mass is 214 g/mol. The van der Waals surface area contributed by atoms with E-state index >= 15 is 0 Å². The van der Waals surface area contributed by atoms with Gasteiger partial charge in [0.15, 0.2) is 0 Å². The number of hydrogen-bond acceptors (Lipinski definition) is 2. The minimum Gasteiger partial charge on any atom is -0.391 e. The van der Waals surface area contributed by atoms with Gasteiger partial charge >= 0.3 is 0 Å². The van der Waals surface area contributed by atoms with Crippen molar-refractivity contribution in [2.75, 3.05) is 6.61 Å². The Morgan fingerprint density at radius 3 is 2.33 bits per heavy atom. The van der Waals surface area contributed by atoms with E-state index in [9.17, 15) is 5.11 Å². The van der Waals surface area contributed by atoms with Gasteiger partial charge in [-0.05, 0) is 37.5 Å². The molecule has 0 bridgehead atoms. The molecule has 1 saturated carbocycles. The third-order valence-electron chi connectivity index (χ3n) is 3.28. The fourth-order valence-electron chi connectivity index (χ4n) is 2.67. The first-order valence-electron chi connectivity index (χ1n) is 6.41. The highest BCUT2D eigenvalue weighted by molar-refractivity contribution is 4.75. The molecule has 0 radical (unpaired) electrons. The minimum absolute atomic E-state index is 0.262. The van der Waals surface area contributed by atoms with Gasteiger partial charge in [0.05, 0.1) is 18.8 Å². The molecular weight excluding hydrogens is 188 g/mol.